The van der Waals surface area contributed by atoms with Gasteiger partial charge in [-0.2, -0.15) is 0 Å². The van der Waals surface area contributed by atoms with Crippen molar-refractivity contribution in [2.75, 3.05) is 5.32 Å². The van der Waals surface area contributed by atoms with E-state index in [4.69, 9.17) is 0 Å². The topological polar surface area (TPSA) is 71.8 Å². The fourth-order valence-electron chi connectivity index (χ4n) is 3.47. The highest BCUT2D eigenvalue weighted by Gasteiger charge is 2.52. The molecule has 0 atom stereocenters. The van der Waals surface area contributed by atoms with Crippen molar-refractivity contribution in [3.8, 4) is 0 Å². The van der Waals surface area contributed by atoms with Gasteiger partial charge in [0.15, 0.2) is 5.82 Å². The molecule has 2 heterocycles. The molecule has 3 aromatic rings. The van der Waals surface area contributed by atoms with Gasteiger partial charge in [-0.3, -0.25) is 4.79 Å². The number of hydrogen-bond donors (Lipinski definition) is 2. The van der Waals surface area contributed by atoms with Gasteiger partial charge in [0.1, 0.15) is 21.5 Å². The van der Waals surface area contributed by atoms with Gasteiger partial charge in [0.25, 0.3) is 12.3 Å². The maximum Gasteiger partial charge on any atom is 0.261 e. The predicted molar refractivity (Wildman–Crippen MR) is 115 cm³/mol. The first kappa shape index (κ1) is 21.6. The number of halogens is 4. The summed E-state index contributed by atoms with van der Waals surface area (Å²) in [5.74, 6) is -0.886. The minimum Gasteiger partial charge on any atom is -0.341 e. The van der Waals surface area contributed by atoms with Gasteiger partial charge in [0.05, 0.1) is 17.5 Å². The van der Waals surface area contributed by atoms with E-state index < -0.39 is 23.7 Å². The van der Waals surface area contributed by atoms with Crippen molar-refractivity contribution >= 4 is 44.4 Å². The molecule has 2 aromatic heterocycles. The molecule has 0 saturated heterocycles. The largest absolute Gasteiger partial charge is 0.341 e. The zero-order valence-electron chi connectivity index (χ0n) is 17.1. The fourth-order valence-corrected chi connectivity index (χ4v) is 3.87. The van der Waals surface area contributed by atoms with E-state index in [9.17, 15) is 18.0 Å². The Balaban J connectivity index is 1.72. The molecule has 1 aliphatic carbocycles. The van der Waals surface area contributed by atoms with Crippen molar-refractivity contribution in [2.24, 2.45) is 0 Å². The standard InChI is InChI=1S/C21H21BrF3N5O/c1-10(2)30-9-26-15-8-16(22)28-18(17(15)30)27-14-7-12(11(3)6-13(14)23)19(31)29-21(4-5-21)20(24)25/h6-10,20H,4-5H2,1-3H3,(H,27,28)(H,29,31). The molecular formula is C21H21BrF3N5O. The van der Waals surface area contributed by atoms with Crippen molar-refractivity contribution in [3.05, 3.63) is 46.1 Å². The van der Waals surface area contributed by atoms with Gasteiger partial charge in [-0.1, -0.05) is 0 Å². The summed E-state index contributed by atoms with van der Waals surface area (Å²) in [6.45, 7) is 5.53. The van der Waals surface area contributed by atoms with Crippen LogP contribution in [0.5, 0.6) is 0 Å². The molecule has 1 amide bonds. The summed E-state index contributed by atoms with van der Waals surface area (Å²) in [4.78, 5) is 21.5. The molecule has 1 aromatic carbocycles. The normalized spacial score (nSPS) is 15.0. The van der Waals surface area contributed by atoms with Crippen LogP contribution in [0.2, 0.25) is 0 Å². The summed E-state index contributed by atoms with van der Waals surface area (Å²) in [7, 11) is 0. The number of pyridine rings is 1. The van der Waals surface area contributed by atoms with Gasteiger partial charge in [-0.05, 0) is 73.3 Å². The van der Waals surface area contributed by atoms with Gasteiger partial charge in [-0.25, -0.2) is 23.1 Å². The maximum atomic E-state index is 14.8. The highest BCUT2D eigenvalue weighted by atomic mass is 79.9. The lowest BCUT2D eigenvalue weighted by molar-refractivity contribution is 0.0679. The van der Waals surface area contributed by atoms with E-state index in [1.807, 2.05) is 18.4 Å². The Morgan fingerprint density at radius 2 is 1.97 bits per heavy atom. The second kappa shape index (κ2) is 7.81. The highest BCUT2D eigenvalue weighted by molar-refractivity contribution is 9.10. The number of alkyl halides is 2. The summed E-state index contributed by atoms with van der Waals surface area (Å²) in [6.07, 6.45) is -0.523. The lowest BCUT2D eigenvalue weighted by Crippen LogP contribution is -2.42. The number of nitrogens with one attached hydrogen (secondary N) is 2. The molecule has 10 heteroatoms. The number of carbonyl (C=O) groups is 1. The third-order valence-electron chi connectivity index (χ3n) is 5.46. The molecule has 0 spiro atoms. The van der Waals surface area contributed by atoms with Crippen LogP contribution >= 0.6 is 15.9 Å². The number of carbonyl (C=O) groups excluding carboxylic acids is 1. The Labute approximate surface area is 185 Å². The highest BCUT2D eigenvalue weighted by Crippen LogP contribution is 2.41. The first-order chi connectivity index (χ1) is 14.6. The Morgan fingerprint density at radius 1 is 1.26 bits per heavy atom. The number of anilines is 2. The number of fused-ring (bicyclic) bond motifs is 1. The molecule has 0 radical (unpaired) electrons. The SMILES string of the molecule is Cc1cc(F)c(Nc2nc(Br)cc3ncn(C(C)C)c23)cc1C(=O)NC1(C(F)F)CC1. The van der Waals surface area contributed by atoms with E-state index in [1.165, 1.54) is 12.1 Å². The minimum atomic E-state index is -2.65. The van der Waals surface area contributed by atoms with Gasteiger partial charge in [0.2, 0.25) is 0 Å². The van der Waals surface area contributed by atoms with Crippen molar-refractivity contribution in [1.82, 2.24) is 19.9 Å². The smallest absolute Gasteiger partial charge is 0.261 e. The van der Waals surface area contributed by atoms with E-state index in [-0.39, 0.29) is 30.1 Å². The molecule has 0 bridgehead atoms. The van der Waals surface area contributed by atoms with Crippen LogP contribution in [0.4, 0.5) is 24.7 Å². The Hall–Kier alpha value is -2.62. The Kier molecular flexibility index (Phi) is 5.45. The number of imidazole rings is 1. The lowest BCUT2D eigenvalue weighted by atomic mass is 10.1. The number of aryl methyl sites for hydroxylation is 1. The first-order valence-electron chi connectivity index (χ1n) is 9.82. The molecule has 6 nitrogen and oxygen atoms in total. The molecule has 4 rings (SSSR count). The zero-order chi connectivity index (χ0) is 22.5. The quantitative estimate of drug-likeness (QED) is 0.443. The predicted octanol–water partition coefficient (Wildman–Crippen LogP) is 5.49. The van der Waals surface area contributed by atoms with Crippen LogP contribution in [0.15, 0.2) is 29.1 Å². The maximum absolute atomic E-state index is 14.8. The van der Waals surface area contributed by atoms with E-state index >= 15 is 0 Å². The molecule has 1 fully saturated rings. The summed E-state index contributed by atoms with van der Waals surface area (Å²) in [6, 6.07) is 4.37. The Bertz CT molecular complexity index is 1170. The number of amides is 1. The summed E-state index contributed by atoms with van der Waals surface area (Å²) in [5.41, 5.74) is 0.355. The zero-order valence-corrected chi connectivity index (χ0v) is 18.7. The summed E-state index contributed by atoms with van der Waals surface area (Å²) >= 11 is 3.33. The monoisotopic (exact) mass is 495 g/mol. The van der Waals surface area contributed by atoms with Crippen LogP contribution < -0.4 is 10.6 Å². The number of benzene rings is 1. The van der Waals surface area contributed by atoms with Crippen LogP contribution in [0.3, 0.4) is 0 Å². The second-order valence-electron chi connectivity index (χ2n) is 8.09. The van der Waals surface area contributed by atoms with Crippen LogP contribution in [0, 0.1) is 12.7 Å². The molecule has 0 unspecified atom stereocenters. The average Bonchev–Trinajstić information content (AvgIpc) is 3.33. The molecule has 31 heavy (non-hydrogen) atoms. The van der Waals surface area contributed by atoms with E-state index in [0.29, 0.717) is 27.0 Å². The third-order valence-corrected chi connectivity index (χ3v) is 5.86. The van der Waals surface area contributed by atoms with Crippen molar-refractivity contribution in [2.45, 2.75) is 51.6 Å². The van der Waals surface area contributed by atoms with Gasteiger partial charge in [0, 0.05) is 11.6 Å². The fraction of sp³-hybridized carbons (Fsp3) is 0.381. The van der Waals surface area contributed by atoms with Crippen LogP contribution in [-0.4, -0.2) is 32.4 Å². The summed E-state index contributed by atoms with van der Waals surface area (Å²) in [5, 5.41) is 5.37. The number of aromatic nitrogens is 3. The molecular weight excluding hydrogens is 475 g/mol. The lowest BCUT2D eigenvalue weighted by Gasteiger charge is -2.18. The molecule has 1 saturated carbocycles. The first-order valence-corrected chi connectivity index (χ1v) is 10.6. The van der Waals surface area contributed by atoms with Crippen molar-refractivity contribution < 1.29 is 18.0 Å². The van der Waals surface area contributed by atoms with E-state index in [0.717, 1.165) is 0 Å². The van der Waals surface area contributed by atoms with Crippen LogP contribution in [-0.2, 0) is 0 Å². The van der Waals surface area contributed by atoms with E-state index in [1.54, 1.807) is 19.3 Å². The van der Waals surface area contributed by atoms with Gasteiger partial charge >= 0.3 is 0 Å². The third kappa shape index (κ3) is 4.00. The second-order valence-corrected chi connectivity index (χ2v) is 8.90. The van der Waals surface area contributed by atoms with E-state index in [2.05, 4.69) is 36.5 Å². The average molecular weight is 496 g/mol. The molecule has 2 N–H and O–H groups in total. The van der Waals surface area contributed by atoms with Crippen molar-refractivity contribution in [1.29, 1.82) is 0 Å². The van der Waals surface area contributed by atoms with Crippen molar-refractivity contribution in [3.63, 3.8) is 0 Å². The number of hydrogen-bond acceptors (Lipinski definition) is 4. The molecule has 1 aliphatic rings. The number of rotatable bonds is 6. The van der Waals surface area contributed by atoms with Crippen LogP contribution in [0.25, 0.3) is 11.0 Å². The number of nitrogens with zero attached hydrogens (tertiary/aromatic N) is 3. The van der Waals surface area contributed by atoms with Crippen LogP contribution in [0.1, 0.15) is 48.7 Å². The molecule has 164 valence electrons. The van der Waals surface area contributed by atoms with Gasteiger partial charge in [-0.15, -0.1) is 0 Å². The molecule has 0 aliphatic heterocycles. The van der Waals surface area contributed by atoms with Gasteiger partial charge < -0.3 is 15.2 Å². The minimum absolute atomic E-state index is 0.0149. The Morgan fingerprint density at radius 3 is 2.58 bits per heavy atom. The summed E-state index contributed by atoms with van der Waals surface area (Å²) < 4.78 is 43.6.